The van der Waals surface area contributed by atoms with Crippen LogP contribution in [-0.2, 0) is 7.05 Å². The number of anilines is 1. The fraction of sp³-hybridized carbons (Fsp3) is 0.259. The molecule has 1 saturated heterocycles. The third-order valence-electron chi connectivity index (χ3n) is 6.80. The molecule has 1 aromatic carbocycles. The van der Waals surface area contributed by atoms with E-state index in [0.717, 1.165) is 11.3 Å². The van der Waals surface area contributed by atoms with Gasteiger partial charge in [-0.1, -0.05) is 18.7 Å². The second kappa shape index (κ2) is 9.76. The molecule has 4 heterocycles. The van der Waals surface area contributed by atoms with Crippen LogP contribution >= 0.6 is 0 Å². The number of piperazine rings is 1. The predicted octanol–water partition coefficient (Wildman–Crippen LogP) is 3.59. The molecule has 184 valence electrons. The first-order valence-corrected chi connectivity index (χ1v) is 11.8. The normalized spacial score (nSPS) is 16.8. The third kappa shape index (κ3) is 4.28. The largest absolute Gasteiger partial charge is 0.364 e. The number of hydrogen-bond donors (Lipinski definition) is 0. The fourth-order valence-corrected chi connectivity index (χ4v) is 5.04. The first-order valence-electron chi connectivity index (χ1n) is 11.8. The topological polar surface area (TPSA) is 95.3 Å². The second-order valence-electron chi connectivity index (χ2n) is 8.97. The van der Waals surface area contributed by atoms with E-state index in [1.54, 1.807) is 49.9 Å². The Morgan fingerprint density at radius 1 is 1.19 bits per heavy atom. The molecule has 1 unspecified atom stereocenters. The van der Waals surface area contributed by atoms with Crippen LogP contribution < -0.4 is 10.5 Å². The maximum Gasteiger partial charge on any atom is 0.271 e. The number of nitriles is 1. The van der Waals surface area contributed by atoms with Crippen LogP contribution in [0.3, 0.4) is 0 Å². The summed E-state index contributed by atoms with van der Waals surface area (Å²) in [5, 5.41) is 9.93. The van der Waals surface area contributed by atoms with Crippen molar-refractivity contribution in [2.45, 2.75) is 19.0 Å². The smallest absolute Gasteiger partial charge is 0.271 e. The van der Waals surface area contributed by atoms with Crippen LogP contribution in [0.5, 0.6) is 0 Å². The number of rotatable bonds is 4. The molecule has 10 heteroatoms. The number of halogens is 1. The molecule has 0 amide bonds. The summed E-state index contributed by atoms with van der Waals surface area (Å²) in [4.78, 5) is 34.0. The number of fused-ring (bicyclic) bond motifs is 1. The van der Waals surface area contributed by atoms with Crippen LogP contribution in [0.2, 0.25) is 0 Å². The fourth-order valence-electron chi connectivity index (χ4n) is 5.04. The minimum absolute atomic E-state index is 0.00860. The van der Waals surface area contributed by atoms with Gasteiger partial charge >= 0.3 is 0 Å². The quantitative estimate of drug-likeness (QED) is 0.400. The van der Waals surface area contributed by atoms with Gasteiger partial charge in [0, 0.05) is 45.1 Å². The first kappa shape index (κ1) is 24.0. The highest BCUT2D eigenvalue weighted by atomic mass is 19.1. The lowest BCUT2D eigenvalue weighted by atomic mass is 9.98. The molecular formula is C27H23FN8O. The van der Waals surface area contributed by atoms with Gasteiger partial charge < -0.3 is 14.3 Å². The van der Waals surface area contributed by atoms with Crippen molar-refractivity contribution in [2.75, 3.05) is 24.5 Å². The Morgan fingerprint density at radius 3 is 2.62 bits per heavy atom. The summed E-state index contributed by atoms with van der Waals surface area (Å²) in [5.74, 6) is -0.116. The Kier molecular flexibility index (Phi) is 6.34. The summed E-state index contributed by atoms with van der Waals surface area (Å²) in [6, 6.07) is 11.4. The molecule has 0 saturated carbocycles. The highest BCUT2D eigenvalue weighted by molar-refractivity contribution is 5.92. The molecule has 0 spiro atoms. The zero-order chi connectivity index (χ0) is 26.1. The van der Waals surface area contributed by atoms with Crippen molar-refractivity contribution < 1.29 is 4.39 Å². The standard InChI is InChI=1S/C27H23FN8O/c1-17-16-35(26-20(14-29)27(37)34(3)22-8-9-23(30-2)33-24(22)26)12-13-36(17)25(21-15-31-10-11-32-21)18-4-6-19(28)7-5-18/h4-11,15,17,25H,12-13,16H2,1,3H3/t17-,25?/m1/s1. The summed E-state index contributed by atoms with van der Waals surface area (Å²) >= 11 is 0. The third-order valence-corrected chi connectivity index (χ3v) is 6.80. The van der Waals surface area contributed by atoms with E-state index >= 15 is 0 Å². The Morgan fingerprint density at radius 2 is 1.97 bits per heavy atom. The Labute approximate surface area is 212 Å². The van der Waals surface area contributed by atoms with Gasteiger partial charge in [0.15, 0.2) is 0 Å². The first-order chi connectivity index (χ1) is 17.9. The SMILES string of the molecule is [C-]#[N+]c1ccc2c(n1)c(N1CCN(C(c3ccc(F)cc3)c3cnccn3)[C@H](C)C1)c(C#N)c(=O)n2C. The molecule has 5 rings (SSSR count). The van der Waals surface area contributed by atoms with Gasteiger partial charge in [0.1, 0.15) is 23.1 Å². The zero-order valence-corrected chi connectivity index (χ0v) is 20.3. The second-order valence-corrected chi connectivity index (χ2v) is 8.97. The van der Waals surface area contributed by atoms with Gasteiger partial charge in [-0.05, 0) is 36.8 Å². The molecule has 0 radical (unpaired) electrons. The zero-order valence-electron chi connectivity index (χ0n) is 20.3. The van der Waals surface area contributed by atoms with Crippen LogP contribution in [0.25, 0.3) is 15.9 Å². The van der Waals surface area contributed by atoms with E-state index in [2.05, 4.69) is 37.7 Å². The molecular weight excluding hydrogens is 471 g/mol. The number of aryl methyl sites for hydroxylation is 1. The van der Waals surface area contributed by atoms with E-state index in [1.165, 1.54) is 16.7 Å². The molecule has 0 aliphatic carbocycles. The summed E-state index contributed by atoms with van der Waals surface area (Å²) in [6.07, 6.45) is 4.96. The van der Waals surface area contributed by atoms with E-state index in [0.29, 0.717) is 36.4 Å². The lowest BCUT2D eigenvalue weighted by molar-refractivity contribution is 0.147. The minimum atomic E-state index is -0.402. The van der Waals surface area contributed by atoms with Crippen LogP contribution in [-0.4, -0.2) is 50.1 Å². The van der Waals surface area contributed by atoms with Gasteiger partial charge in [-0.15, -0.1) is 4.98 Å². The van der Waals surface area contributed by atoms with Crippen molar-refractivity contribution in [2.24, 2.45) is 7.05 Å². The lowest BCUT2D eigenvalue weighted by Gasteiger charge is -2.44. The van der Waals surface area contributed by atoms with Gasteiger partial charge in [-0.25, -0.2) is 4.39 Å². The van der Waals surface area contributed by atoms with Crippen molar-refractivity contribution in [1.82, 2.24) is 24.4 Å². The van der Waals surface area contributed by atoms with Crippen molar-refractivity contribution in [1.29, 1.82) is 5.26 Å². The average Bonchev–Trinajstić information content (AvgIpc) is 2.93. The Balaban J connectivity index is 1.56. The van der Waals surface area contributed by atoms with Crippen molar-refractivity contribution in [3.05, 3.63) is 99.4 Å². The van der Waals surface area contributed by atoms with Gasteiger partial charge in [0.2, 0.25) is 5.52 Å². The molecule has 0 N–H and O–H groups in total. The lowest BCUT2D eigenvalue weighted by Crippen LogP contribution is -2.54. The minimum Gasteiger partial charge on any atom is -0.364 e. The van der Waals surface area contributed by atoms with E-state index in [-0.39, 0.29) is 29.3 Å². The summed E-state index contributed by atoms with van der Waals surface area (Å²) in [6.45, 7) is 11.0. The van der Waals surface area contributed by atoms with Gasteiger partial charge in [-0.2, -0.15) is 5.26 Å². The highest BCUT2D eigenvalue weighted by Crippen LogP contribution is 2.34. The van der Waals surface area contributed by atoms with E-state index in [4.69, 9.17) is 6.57 Å². The summed E-state index contributed by atoms with van der Waals surface area (Å²) in [5.41, 5.74) is 2.71. The molecule has 2 atom stereocenters. The maximum atomic E-state index is 13.7. The van der Waals surface area contributed by atoms with Crippen molar-refractivity contribution in [3.8, 4) is 6.07 Å². The van der Waals surface area contributed by atoms with Gasteiger partial charge in [-0.3, -0.25) is 19.7 Å². The number of nitrogens with zero attached hydrogens (tertiary/aromatic N) is 8. The van der Waals surface area contributed by atoms with Crippen LogP contribution in [0.4, 0.5) is 15.9 Å². The number of benzene rings is 1. The molecule has 1 aliphatic rings. The average molecular weight is 495 g/mol. The summed E-state index contributed by atoms with van der Waals surface area (Å²) < 4.78 is 15.1. The number of pyridine rings is 2. The molecule has 1 fully saturated rings. The summed E-state index contributed by atoms with van der Waals surface area (Å²) in [7, 11) is 1.60. The molecule has 4 aromatic rings. The molecule has 37 heavy (non-hydrogen) atoms. The van der Waals surface area contributed by atoms with Crippen molar-refractivity contribution >= 4 is 22.5 Å². The monoisotopic (exact) mass is 494 g/mol. The predicted molar refractivity (Wildman–Crippen MR) is 137 cm³/mol. The Bertz CT molecular complexity index is 1610. The van der Waals surface area contributed by atoms with Crippen LogP contribution in [0.15, 0.2) is 59.8 Å². The number of aromatic nitrogens is 4. The van der Waals surface area contributed by atoms with Gasteiger partial charge in [0.05, 0.1) is 23.4 Å². The number of hydrogen-bond acceptors (Lipinski definition) is 7. The Hall–Kier alpha value is -4.67. The molecule has 0 bridgehead atoms. The van der Waals surface area contributed by atoms with Crippen LogP contribution in [0.1, 0.15) is 29.8 Å². The highest BCUT2D eigenvalue weighted by Gasteiger charge is 2.35. The molecule has 9 nitrogen and oxygen atoms in total. The van der Waals surface area contributed by atoms with Gasteiger partial charge in [0.25, 0.3) is 11.4 Å². The van der Waals surface area contributed by atoms with E-state index in [9.17, 15) is 14.4 Å². The molecule has 1 aliphatic heterocycles. The van der Waals surface area contributed by atoms with E-state index < -0.39 is 5.56 Å². The van der Waals surface area contributed by atoms with Crippen LogP contribution in [0, 0.1) is 23.7 Å². The van der Waals surface area contributed by atoms with Crippen molar-refractivity contribution in [3.63, 3.8) is 0 Å². The molecule has 3 aromatic heterocycles. The maximum absolute atomic E-state index is 13.7. The van der Waals surface area contributed by atoms with E-state index in [1.807, 2.05) is 4.90 Å².